The van der Waals surface area contributed by atoms with Crippen molar-refractivity contribution in [2.45, 2.75) is 123 Å². The average Bonchev–Trinajstić information content (AvgIpc) is 3.22. The zero-order valence-corrected chi connectivity index (χ0v) is 30.0. The fourth-order valence-corrected chi connectivity index (χ4v) is 9.92. The molecule has 0 aromatic carbocycles. The SMILES string of the molecule is CC(=O)OC(C)(C)/C=C/C(=O)[C@@](C)(O)[C@H]1[C@H](O)C[C@@]2(C)[C@@H]3CC=C4[C@H](C=C(O[C@H]5O[C@H](CO)[C@@H](O)[C@H](O)[C@H]5O)C(=O)C4(C)C)[C@H]3C(=O)C[C@]12C. The van der Waals surface area contributed by atoms with E-state index in [0.717, 1.165) is 11.6 Å². The Labute approximate surface area is 292 Å². The van der Waals surface area contributed by atoms with Gasteiger partial charge in [-0.3, -0.25) is 19.2 Å². The highest BCUT2D eigenvalue weighted by Gasteiger charge is 2.71. The number of hydrogen-bond donors (Lipinski definition) is 6. The second-order valence-corrected chi connectivity index (χ2v) is 16.6. The molecule has 0 aromatic rings. The van der Waals surface area contributed by atoms with Gasteiger partial charge in [-0.05, 0) is 82.4 Å². The van der Waals surface area contributed by atoms with Crippen molar-refractivity contribution < 1.29 is 64.0 Å². The Balaban J connectivity index is 1.48. The molecule has 4 aliphatic carbocycles. The minimum absolute atomic E-state index is 0.0621. The van der Waals surface area contributed by atoms with E-state index in [1.807, 2.05) is 19.9 Å². The molecule has 13 heteroatoms. The summed E-state index contributed by atoms with van der Waals surface area (Å²) in [6, 6.07) is 0. The number of aliphatic hydroxyl groups is 6. The van der Waals surface area contributed by atoms with Gasteiger partial charge in [0.1, 0.15) is 41.4 Å². The van der Waals surface area contributed by atoms with Crippen LogP contribution < -0.4 is 0 Å². The van der Waals surface area contributed by atoms with E-state index in [9.17, 15) is 49.8 Å². The number of carbonyl (C=O) groups is 4. The van der Waals surface area contributed by atoms with Crippen LogP contribution >= 0.6 is 0 Å². The van der Waals surface area contributed by atoms with E-state index >= 15 is 0 Å². The summed E-state index contributed by atoms with van der Waals surface area (Å²) in [5, 5.41) is 64.3. The van der Waals surface area contributed by atoms with Crippen LogP contribution in [0.5, 0.6) is 0 Å². The third kappa shape index (κ3) is 5.92. The maximum Gasteiger partial charge on any atom is 0.303 e. The van der Waals surface area contributed by atoms with Crippen molar-refractivity contribution in [1.82, 2.24) is 0 Å². The smallest absolute Gasteiger partial charge is 0.303 e. The number of aliphatic hydroxyl groups excluding tert-OH is 5. The molecule has 0 spiro atoms. The van der Waals surface area contributed by atoms with Crippen molar-refractivity contribution in [3.05, 3.63) is 35.6 Å². The number of esters is 1. The van der Waals surface area contributed by atoms with Crippen LogP contribution in [0, 0.1) is 39.9 Å². The van der Waals surface area contributed by atoms with Crippen LogP contribution in [0.25, 0.3) is 0 Å². The average molecular weight is 705 g/mol. The molecule has 6 N–H and O–H groups in total. The first kappa shape index (κ1) is 38.5. The standard InChI is InChI=1S/C37H52O13/c1-17(39)50-33(2,3)12-11-25(42)37(8,47)30-22(41)15-35(6)20-10-9-19-18(26(20)21(40)14-36(30,35)7)13-23(31(46)34(19,4)5)48-32-29(45)28(44)27(43)24(16-38)49-32/h9,11-13,18,20,22,24,26-30,32,38,41,43-45,47H,10,14-16H2,1-8H3/b12-11+/t18-,20+,22+,24+,26+,27+,28-,29+,30-,32-,35-,36+,37+/m0/s1. The van der Waals surface area contributed by atoms with E-state index in [-0.39, 0.29) is 30.3 Å². The van der Waals surface area contributed by atoms with Gasteiger partial charge >= 0.3 is 5.97 Å². The first-order valence-corrected chi connectivity index (χ1v) is 17.3. The van der Waals surface area contributed by atoms with E-state index < -0.39 is 106 Å². The van der Waals surface area contributed by atoms with Crippen molar-refractivity contribution in [3.63, 3.8) is 0 Å². The van der Waals surface area contributed by atoms with E-state index in [1.54, 1.807) is 33.8 Å². The fraction of sp³-hybridized carbons (Fsp3) is 0.730. The maximum absolute atomic E-state index is 14.4. The highest BCUT2D eigenvalue weighted by molar-refractivity contribution is 6.02. The summed E-state index contributed by atoms with van der Waals surface area (Å²) < 4.78 is 16.6. The normalized spacial score (nSPS) is 42.4. The summed E-state index contributed by atoms with van der Waals surface area (Å²) in [5.74, 6) is -4.66. The van der Waals surface area contributed by atoms with Crippen LogP contribution in [0.15, 0.2) is 35.6 Å². The molecule has 50 heavy (non-hydrogen) atoms. The topological polar surface area (TPSA) is 217 Å². The van der Waals surface area contributed by atoms with Crippen LogP contribution in [0.4, 0.5) is 0 Å². The number of rotatable bonds is 8. The van der Waals surface area contributed by atoms with Gasteiger partial charge in [0, 0.05) is 31.1 Å². The number of Topliss-reactive ketones (excluding diaryl/α,β-unsaturated/α-hetero) is 2. The Morgan fingerprint density at radius 1 is 1.02 bits per heavy atom. The van der Waals surface area contributed by atoms with Crippen molar-refractivity contribution in [2.75, 3.05) is 6.61 Å². The van der Waals surface area contributed by atoms with Gasteiger partial charge < -0.3 is 44.8 Å². The van der Waals surface area contributed by atoms with Gasteiger partial charge in [-0.1, -0.05) is 25.5 Å². The molecule has 1 saturated heterocycles. The molecule has 5 rings (SSSR count). The van der Waals surface area contributed by atoms with Crippen LogP contribution in [0.3, 0.4) is 0 Å². The summed E-state index contributed by atoms with van der Waals surface area (Å²) in [7, 11) is 0. The van der Waals surface area contributed by atoms with E-state index in [4.69, 9.17) is 14.2 Å². The molecule has 13 atom stereocenters. The molecule has 5 aliphatic rings. The Hall–Kier alpha value is -2.78. The number of fused-ring (bicyclic) bond motifs is 5. The molecular formula is C37H52O13. The Bertz CT molecular complexity index is 1520. The number of ether oxygens (including phenoxy) is 3. The van der Waals surface area contributed by atoms with Crippen molar-refractivity contribution in [3.8, 4) is 0 Å². The van der Waals surface area contributed by atoms with Gasteiger partial charge in [0.2, 0.25) is 12.1 Å². The molecular weight excluding hydrogens is 652 g/mol. The quantitative estimate of drug-likeness (QED) is 0.119. The van der Waals surface area contributed by atoms with Crippen LogP contribution in [0.1, 0.15) is 74.7 Å². The largest absolute Gasteiger partial charge is 0.459 e. The van der Waals surface area contributed by atoms with E-state index in [2.05, 4.69) is 0 Å². The number of hydrogen-bond acceptors (Lipinski definition) is 13. The number of allylic oxidation sites excluding steroid dienone is 4. The minimum atomic E-state index is -2.08. The molecule has 1 heterocycles. The highest BCUT2D eigenvalue weighted by atomic mass is 16.7. The molecule has 2 saturated carbocycles. The Kier molecular flexibility index (Phi) is 9.78. The molecule has 0 amide bonds. The lowest BCUT2D eigenvalue weighted by Crippen LogP contribution is -2.61. The first-order valence-electron chi connectivity index (χ1n) is 17.3. The van der Waals surface area contributed by atoms with Crippen molar-refractivity contribution >= 4 is 23.3 Å². The Morgan fingerprint density at radius 2 is 1.66 bits per heavy atom. The van der Waals surface area contributed by atoms with E-state index in [0.29, 0.717) is 6.42 Å². The second kappa shape index (κ2) is 12.7. The molecule has 278 valence electrons. The molecule has 0 aromatic heterocycles. The van der Waals surface area contributed by atoms with Crippen molar-refractivity contribution in [1.29, 1.82) is 0 Å². The Morgan fingerprint density at radius 3 is 2.26 bits per heavy atom. The van der Waals surface area contributed by atoms with Gasteiger partial charge in [-0.15, -0.1) is 0 Å². The lowest BCUT2D eigenvalue weighted by Gasteiger charge is -2.59. The van der Waals surface area contributed by atoms with Crippen molar-refractivity contribution in [2.24, 2.45) is 39.9 Å². The zero-order valence-electron chi connectivity index (χ0n) is 30.0. The fourth-order valence-electron chi connectivity index (χ4n) is 9.92. The summed E-state index contributed by atoms with van der Waals surface area (Å²) in [6.07, 6.45) is -2.48. The first-order chi connectivity index (χ1) is 22.9. The third-order valence-corrected chi connectivity index (χ3v) is 12.6. The van der Waals surface area contributed by atoms with Gasteiger partial charge in [0.15, 0.2) is 11.5 Å². The molecule has 1 aliphatic heterocycles. The van der Waals surface area contributed by atoms with Gasteiger partial charge in [0.05, 0.1) is 18.1 Å². The lowest BCUT2D eigenvalue weighted by molar-refractivity contribution is -0.291. The molecule has 0 bridgehead atoms. The van der Waals surface area contributed by atoms with Crippen LogP contribution in [0.2, 0.25) is 0 Å². The monoisotopic (exact) mass is 704 g/mol. The van der Waals surface area contributed by atoms with E-state index in [1.165, 1.54) is 19.9 Å². The molecule has 13 nitrogen and oxygen atoms in total. The summed E-state index contributed by atoms with van der Waals surface area (Å²) in [5.41, 5.74) is -5.38. The number of ketones is 3. The van der Waals surface area contributed by atoms with Gasteiger partial charge in [-0.25, -0.2) is 0 Å². The highest BCUT2D eigenvalue weighted by Crippen LogP contribution is 2.70. The predicted octanol–water partition coefficient (Wildman–Crippen LogP) is 1.06. The van der Waals surface area contributed by atoms with Gasteiger partial charge in [-0.2, -0.15) is 0 Å². The van der Waals surface area contributed by atoms with Crippen LogP contribution in [-0.2, 0) is 33.4 Å². The summed E-state index contributed by atoms with van der Waals surface area (Å²) in [4.78, 5) is 53.4. The third-order valence-electron chi connectivity index (χ3n) is 12.6. The summed E-state index contributed by atoms with van der Waals surface area (Å²) >= 11 is 0. The number of carbonyl (C=O) groups excluding carboxylic acids is 4. The molecule has 3 fully saturated rings. The zero-order chi connectivity index (χ0) is 37.5. The maximum atomic E-state index is 14.4. The second-order valence-electron chi connectivity index (χ2n) is 16.6. The lowest BCUT2D eigenvalue weighted by atomic mass is 9.44. The molecule has 0 unspecified atom stereocenters. The molecule has 0 radical (unpaired) electrons. The van der Waals surface area contributed by atoms with Crippen LogP contribution in [-0.4, -0.2) is 109 Å². The predicted molar refractivity (Wildman–Crippen MR) is 175 cm³/mol. The van der Waals surface area contributed by atoms with Gasteiger partial charge in [0.25, 0.3) is 0 Å². The minimum Gasteiger partial charge on any atom is -0.459 e. The summed E-state index contributed by atoms with van der Waals surface area (Å²) in [6.45, 7) is 12.3.